The van der Waals surface area contributed by atoms with E-state index in [1.165, 1.54) is 10.4 Å². The molecule has 0 unspecified atom stereocenters. The van der Waals surface area contributed by atoms with E-state index in [1.54, 1.807) is 12.1 Å². The highest BCUT2D eigenvalue weighted by Gasteiger charge is 2.35. The van der Waals surface area contributed by atoms with E-state index in [9.17, 15) is 8.42 Å². The van der Waals surface area contributed by atoms with Gasteiger partial charge in [0, 0.05) is 19.6 Å². The average molecular weight is 323 g/mol. The second-order valence-corrected chi connectivity index (χ2v) is 7.12. The second kappa shape index (κ2) is 5.97. The topological polar surface area (TPSA) is 49.4 Å². The van der Waals surface area contributed by atoms with Crippen LogP contribution in [0.3, 0.4) is 0 Å². The number of nitrogens with zero attached hydrogens (tertiary/aromatic N) is 1. The molecule has 2 rings (SSSR count). The van der Waals surface area contributed by atoms with E-state index in [1.807, 2.05) is 6.92 Å². The molecule has 1 saturated heterocycles. The van der Waals surface area contributed by atoms with Crippen molar-refractivity contribution < 1.29 is 8.42 Å². The molecule has 0 spiro atoms. The fourth-order valence-electron chi connectivity index (χ4n) is 2.01. The van der Waals surface area contributed by atoms with Gasteiger partial charge in [-0.15, -0.1) is 0 Å². The molecule has 1 aliphatic heterocycles. The van der Waals surface area contributed by atoms with Crippen LogP contribution in [0.4, 0.5) is 0 Å². The van der Waals surface area contributed by atoms with Gasteiger partial charge < -0.3 is 5.32 Å². The SMILES string of the molecule is CCCN(C1CNC1)S(=O)(=O)c1cccc(Cl)c1Cl. The first-order valence-electron chi connectivity index (χ1n) is 6.15. The van der Waals surface area contributed by atoms with Crippen LogP contribution in [0.2, 0.25) is 10.0 Å². The fourth-order valence-corrected chi connectivity index (χ4v) is 4.46. The van der Waals surface area contributed by atoms with Crippen LogP contribution in [0.1, 0.15) is 13.3 Å². The van der Waals surface area contributed by atoms with Gasteiger partial charge in [-0.05, 0) is 18.6 Å². The summed E-state index contributed by atoms with van der Waals surface area (Å²) in [5, 5.41) is 3.43. The van der Waals surface area contributed by atoms with Crippen LogP contribution in [-0.4, -0.2) is 38.4 Å². The number of rotatable bonds is 5. The predicted octanol–water partition coefficient (Wildman–Crippen LogP) is 2.37. The van der Waals surface area contributed by atoms with E-state index in [0.29, 0.717) is 19.6 Å². The van der Waals surface area contributed by atoms with Crippen molar-refractivity contribution in [1.29, 1.82) is 0 Å². The Balaban J connectivity index is 2.41. The van der Waals surface area contributed by atoms with E-state index < -0.39 is 10.0 Å². The van der Waals surface area contributed by atoms with Crippen molar-refractivity contribution in [1.82, 2.24) is 9.62 Å². The zero-order chi connectivity index (χ0) is 14.0. The molecule has 0 radical (unpaired) electrons. The van der Waals surface area contributed by atoms with Gasteiger partial charge in [0.05, 0.1) is 16.1 Å². The van der Waals surface area contributed by atoms with E-state index in [4.69, 9.17) is 23.2 Å². The summed E-state index contributed by atoms with van der Waals surface area (Å²) in [6, 6.07) is 4.68. The predicted molar refractivity (Wildman–Crippen MR) is 77.3 cm³/mol. The molecule has 0 atom stereocenters. The molecule has 1 heterocycles. The van der Waals surface area contributed by atoms with Crippen LogP contribution in [0.15, 0.2) is 23.1 Å². The molecule has 0 aliphatic carbocycles. The van der Waals surface area contributed by atoms with Gasteiger partial charge >= 0.3 is 0 Å². The van der Waals surface area contributed by atoms with E-state index >= 15 is 0 Å². The van der Waals surface area contributed by atoms with Gasteiger partial charge in [0.15, 0.2) is 0 Å². The van der Waals surface area contributed by atoms with Crippen molar-refractivity contribution in [2.75, 3.05) is 19.6 Å². The third-order valence-corrected chi connectivity index (χ3v) is 6.04. The molecular weight excluding hydrogens is 307 g/mol. The van der Waals surface area contributed by atoms with Crippen molar-refractivity contribution >= 4 is 33.2 Å². The molecule has 19 heavy (non-hydrogen) atoms. The van der Waals surface area contributed by atoms with Crippen LogP contribution in [0.25, 0.3) is 0 Å². The molecule has 0 aromatic heterocycles. The van der Waals surface area contributed by atoms with Crippen LogP contribution in [0.5, 0.6) is 0 Å². The highest BCUT2D eigenvalue weighted by Crippen LogP contribution is 2.32. The molecule has 0 bridgehead atoms. The number of nitrogens with one attached hydrogen (secondary N) is 1. The smallest absolute Gasteiger partial charge is 0.244 e. The van der Waals surface area contributed by atoms with Gasteiger partial charge in [0.1, 0.15) is 4.90 Å². The van der Waals surface area contributed by atoms with Crippen molar-refractivity contribution in [3.8, 4) is 0 Å². The Bertz CT molecular complexity index is 559. The molecule has 1 fully saturated rings. The minimum absolute atomic E-state index is 0.00000157. The third kappa shape index (κ3) is 2.90. The van der Waals surface area contributed by atoms with Gasteiger partial charge in [-0.2, -0.15) is 4.31 Å². The number of hydrogen-bond donors (Lipinski definition) is 1. The minimum Gasteiger partial charge on any atom is -0.313 e. The van der Waals surface area contributed by atoms with E-state index in [-0.39, 0.29) is 21.0 Å². The fraction of sp³-hybridized carbons (Fsp3) is 0.500. The molecule has 0 amide bonds. The second-order valence-electron chi connectivity index (χ2n) is 4.48. The molecule has 7 heteroatoms. The Morgan fingerprint density at radius 1 is 1.37 bits per heavy atom. The van der Waals surface area contributed by atoms with E-state index in [0.717, 1.165) is 6.42 Å². The summed E-state index contributed by atoms with van der Waals surface area (Å²) in [5.74, 6) is 0. The Kier molecular flexibility index (Phi) is 4.74. The first-order chi connectivity index (χ1) is 8.98. The Morgan fingerprint density at radius 2 is 2.05 bits per heavy atom. The Morgan fingerprint density at radius 3 is 2.58 bits per heavy atom. The summed E-state index contributed by atoms with van der Waals surface area (Å²) in [4.78, 5) is 0.0852. The summed E-state index contributed by atoms with van der Waals surface area (Å²) in [5.41, 5.74) is 0. The summed E-state index contributed by atoms with van der Waals surface area (Å²) in [7, 11) is -3.60. The van der Waals surface area contributed by atoms with Gasteiger partial charge in [0.2, 0.25) is 10.0 Å². The maximum Gasteiger partial charge on any atom is 0.244 e. The average Bonchev–Trinajstić information content (AvgIpc) is 2.29. The third-order valence-electron chi connectivity index (χ3n) is 3.11. The highest BCUT2D eigenvalue weighted by atomic mass is 35.5. The van der Waals surface area contributed by atoms with Crippen LogP contribution < -0.4 is 5.32 Å². The lowest BCUT2D eigenvalue weighted by Crippen LogP contribution is -2.58. The summed E-state index contributed by atoms with van der Waals surface area (Å²) < 4.78 is 26.9. The number of halogens is 2. The maximum absolute atomic E-state index is 12.7. The molecule has 1 aromatic carbocycles. The van der Waals surface area contributed by atoms with Crippen LogP contribution >= 0.6 is 23.2 Å². The van der Waals surface area contributed by atoms with Gasteiger partial charge in [0.25, 0.3) is 0 Å². The Labute approximate surface area is 123 Å². The lowest BCUT2D eigenvalue weighted by atomic mass is 10.2. The molecule has 1 aliphatic rings. The van der Waals surface area contributed by atoms with Crippen molar-refractivity contribution in [3.63, 3.8) is 0 Å². The van der Waals surface area contributed by atoms with Crippen molar-refractivity contribution in [2.45, 2.75) is 24.3 Å². The van der Waals surface area contributed by atoms with Gasteiger partial charge in [-0.1, -0.05) is 36.2 Å². The molecule has 0 saturated carbocycles. The van der Waals surface area contributed by atoms with Gasteiger partial charge in [-0.3, -0.25) is 0 Å². The quantitative estimate of drug-likeness (QED) is 0.905. The standard InChI is InChI=1S/C12H16Cl2N2O2S/c1-2-6-16(9-7-15-8-9)19(17,18)11-5-3-4-10(13)12(11)14/h3-5,9,15H,2,6-8H2,1H3. The lowest BCUT2D eigenvalue weighted by molar-refractivity contribution is 0.242. The zero-order valence-corrected chi connectivity index (χ0v) is 12.9. The Hall–Kier alpha value is -0.330. The molecule has 1 aromatic rings. The summed E-state index contributed by atoms with van der Waals surface area (Å²) in [6.45, 7) is 3.79. The highest BCUT2D eigenvalue weighted by molar-refractivity contribution is 7.89. The van der Waals surface area contributed by atoms with Gasteiger partial charge in [-0.25, -0.2) is 8.42 Å². The van der Waals surface area contributed by atoms with Crippen LogP contribution in [0, 0.1) is 0 Å². The number of sulfonamides is 1. The normalized spacial score (nSPS) is 16.6. The summed E-state index contributed by atoms with van der Waals surface area (Å²) >= 11 is 11.9. The summed E-state index contributed by atoms with van der Waals surface area (Å²) in [6.07, 6.45) is 0.758. The lowest BCUT2D eigenvalue weighted by Gasteiger charge is -2.37. The van der Waals surface area contributed by atoms with Crippen molar-refractivity contribution in [2.24, 2.45) is 0 Å². The number of benzene rings is 1. The molecule has 106 valence electrons. The largest absolute Gasteiger partial charge is 0.313 e. The maximum atomic E-state index is 12.7. The first kappa shape index (κ1) is 15.1. The molecular formula is C12H16Cl2N2O2S. The monoisotopic (exact) mass is 322 g/mol. The zero-order valence-electron chi connectivity index (χ0n) is 10.6. The minimum atomic E-state index is -3.60. The first-order valence-corrected chi connectivity index (χ1v) is 8.34. The molecule has 4 nitrogen and oxygen atoms in total. The van der Waals surface area contributed by atoms with Crippen LogP contribution in [-0.2, 0) is 10.0 Å². The number of hydrogen-bond acceptors (Lipinski definition) is 3. The molecule has 1 N–H and O–H groups in total. The van der Waals surface area contributed by atoms with Crippen molar-refractivity contribution in [3.05, 3.63) is 28.2 Å². The van der Waals surface area contributed by atoms with E-state index in [2.05, 4.69) is 5.32 Å².